The number of carbonyl (C=O) groups excluding carboxylic acids is 1. The average Bonchev–Trinajstić information content (AvgIpc) is 2.84. The van der Waals surface area contributed by atoms with Gasteiger partial charge < -0.3 is 4.74 Å². The zero-order chi connectivity index (χ0) is 10.3. The van der Waals surface area contributed by atoms with E-state index in [0.717, 1.165) is 25.0 Å². The maximum Gasteiger partial charge on any atom is 0.176 e. The number of benzene rings is 1. The molecule has 1 aromatic rings. The largest absolute Gasteiger partial charge is 0.482 e. The van der Waals surface area contributed by atoms with Crippen molar-refractivity contribution in [2.24, 2.45) is 11.8 Å². The van der Waals surface area contributed by atoms with Crippen molar-refractivity contribution in [1.29, 1.82) is 0 Å². The molecule has 0 aliphatic heterocycles. The SMILES string of the molecule is O=C1C2CCC(C2)C1Oc1ccccc1. The molecule has 2 aliphatic carbocycles. The number of hydrogen-bond acceptors (Lipinski definition) is 2. The first-order valence-electron chi connectivity index (χ1n) is 5.60. The van der Waals surface area contributed by atoms with Crippen LogP contribution >= 0.6 is 0 Å². The minimum Gasteiger partial charge on any atom is -0.482 e. The van der Waals surface area contributed by atoms with Crippen LogP contribution in [0, 0.1) is 11.8 Å². The molecule has 0 spiro atoms. The molecule has 3 unspecified atom stereocenters. The van der Waals surface area contributed by atoms with Crippen molar-refractivity contribution in [1.82, 2.24) is 0 Å². The Labute approximate surface area is 89.2 Å². The van der Waals surface area contributed by atoms with E-state index >= 15 is 0 Å². The number of carbonyl (C=O) groups is 1. The van der Waals surface area contributed by atoms with Crippen LogP contribution in [0.25, 0.3) is 0 Å². The molecule has 15 heavy (non-hydrogen) atoms. The highest BCUT2D eigenvalue weighted by Crippen LogP contribution is 2.43. The number of fused-ring (bicyclic) bond motifs is 2. The third-order valence-corrected chi connectivity index (χ3v) is 3.59. The minimum absolute atomic E-state index is 0.161. The maximum absolute atomic E-state index is 11.8. The highest BCUT2D eigenvalue weighted by atomic mass is 16.5. The summed E-state index contributed by atoms with van der Waals surface area (Å²) in [6.45, 7) is 0. The van der Waals surface area contributed by atoms with Crippen LogP contribution in [0.15, 0.2) is 30.3 Å². The molecule has 0 heterocycles. The second-order valence-electron chi connectivity index (χ2n) is 4.52. The second-order valence-corrected chi connectivity index (χ2v) is 4.52. The van der Waals surface area contributed by atoms with E-state index in [1.165, 1.54) is 0 Å². The Balaban J connectivity index is 1.77. The molecule has 0 radical (unpaired) electrons. The molecule has 3 rings (SSSR count). The van der Waals surface area contributed by atoms with Gasteiger partial charge in [0, 0.05) is 11.8 Å². The fourth-order valence-corrected chi connectivity index (χ4v) is 2.81. The van der Waals surface area contributed by atoms with Gasteiger partial charge in [-0.1, -0.05) is 18.2 Å². The quantitative estimate of drug-likeness (QED) is 0.736. The molecule has 2 bridgehead atoms. The summed E-state index contributed by atoms with van der Waals surface area (Å²) in [4.78, 5) is 11.8. The number of hydrogen-bond donors (Lipinski definition) is 0. The van der Waals surface area contributed by atoms with Crippen molar-refractivity contribution in [2.75, 3.05) is 0 Å². The summed E-state index contributed by atoms with van der Waals surface area (Å²) in [5.74, 6) is 1.92. The number of rotatable bonds is 2. The van der Waals surface area contributed by atoms with Gasteiger partial charge in [0.1, 0.15) is 5.75 Å². The molecule has 0 saturated heterocycles. The van der Waals surface area contributed by atoms with Gasteiger partial charge in [0.2, 0.25) is 0 Å². The number of ketones is 1. The lowest BCUT2D eigenvalue weighted by Gasteiger charge is -2.21. The van der Waals surface area contributed by atoms with E-state index < -0.39 is 0 Å². The normalized spacial score (nSPS) is 33.3. The lowest BCUT2D eigenvalue weighted by atomic mass is 9.96. The third kappa shape index (κ3) is 1.44. The van der Waals surface area contributed by atoms with Crippen LogP contribution in [0.4, 0.5) is 0 Å². The standard InChI is InChI=1S/C13H14O2/c14-12-9-6-7-10(8-9)13(12)15-11-4-2-1-3-5-11/h1-5,9-10,13H,6-8H2. The van der Waals surface area contributed by atoms with Crippen molar-refractivity contribution in [2.45, 2.75) is 25.4 Å². The van der Waals surface area contributed by atoms with Gasteiger partial charge in [-0.3, -0.25) is 4.79 Å². The molecular formula is C13H14O2. The molecule has 2 aliphatic rings. The second kappa shape index (κ2) is 3.37. The molecule has 2 saturated carbocycles. The Morgan fingerprint density at radius 3 is 2.60 bits per heavy atom. The van der Waals surface area contributed by atoms with E-state index in [-0.39, 0.29) is 6.10 Å². The number of Topliss-reactive ketones (excluding diaryl/α,β-unsaturated/α-hetero) is 1. The van der Waals surface area contributed by atoms with Gasteiger partial charge >= 0.3 is 0 Å². The van der Waals surface area contributed by atoms with E-state index in [1.807, 2.05) is 30.3 Å². The van der Waals surface area contributed by atoms with E-state index in [9.17, 15) is 4.79 Å². The first-order valence-corrected chi connectivity index (χ1v) is 5.60. The molecule has 2 fully saturated rings. The topological polar surface area (TPSA) is 26.3 Å². The van der Waals surface area contributed by atoms with E-state index in [2.05, 4.69) is 0 Å². The van der Waals surface area contributed by atoms with Crippen LogP contribution < -0.4 is 4.74 Å². The van der Waals surface area contributed by atoms with E-state index in [1.54, 1.807) is 0 Å². The summed E-state index contributed by atoms with van der Waals surface area (Å²) < 4.78 is 5.77. The van der Waals surface area contributed by atoms with Gasteiger partial charge in [0.15, 0.2) is 11.9 Å². The van der Waals surface area contributed by atoms with Crippen molar-refractivity contribution in [3.05, 3.63) is 30.3 Å². The van der Waals surface area contributed by atoms with Crippen LogP contribution in [-0.4, -0.2) is 11.9 Å². The molecule has 78 valence electrons. The molecule has 2 heteroatoms. The first kappa shape index (κ1) is 8.96. The van der Waals surface area contributed by atoms with E-state index in [0.29, 0.717) is 17.6 Å². The van der Waals surface area contributed by atoms with Gasteiger partial charge in [-0.25, -0.2) is 0 Å². The molecule has 0 N–H and O–H groups in total. The number of ether oxygens (including phenoxy) is 1. The van der Waals surface area contributed by atoms with Crippen LogP contribution in [0.1, 0.15) is 19.3 Å². The van der Waals surface area contributed by atoms with Gasteiger partial charge in [-0.2, -0.15) is 0 Å². The Bertz CT molecular complexity index is 371. The summed E-state index contributed by atoms with van der Waals surface area (Å²) in [6, 6.07) is 9.66. The molecule has 0 amide bonds. The third-order valence-electron chi connectivity index (χ3n) is 3.59. The van der Waals surface area contributed by atoms with Crippen molar-refractivity contribution in [3.63, 3.8) is 0 Å². The Morgan fingerprint density at radius 2 is 1.93 bits per heavy atom. The fourth-order valence-electron chi connectivity index (χ4n) is 2.81. The van der Waals surface area contributed by atoms with Gasteiger partial charge in [0.25, 0.3) is 0 Å². The molecule has 3 atom stereocenters. The Hall–Kier alpha value is -1.31. The molecule has 1 aromatic carbocycles. The first-order chi connectivity index (χ1) is 7.34. The zero-order valence-electron chi connectivity index (χ0n) is 8.56. The molecule has 0 aromatic heterocycles. The van der Waals surface area contributed by atoms with Crippen LogP contribution in [-0.2, 0) is 4.79 Å². The zero-order valence-corrected chi connectivity index (χ0v) is 8.56. The maximum atomic E-state index is 11.8. The lowest BCUT2D eigenvalue weighted by molar-refractivity contribution is -0.128. The Kier molecular flexibility index (Phi) is 2.01. The average molecular weight is 202 g/mol. The highest BCUT2D eigenvalue weighted by Gasteiger charge is 2.48. The van der Waals surface area contributed by atoms with Crippen molar-refractivity contribution >= 4 is 5.78 Å². The molecule has 2 nitrogen and oxygen atoms in total. The van der Waals surface area contributed by atoms with Gasteiger partial charge in [0.05, 0.1) is 0 Å². The summed E-state index contributed by atoms with van der Waals surface area (Å²) >= 11 is 0. The van der Waals surface area contributed by atoms with Crippen molar-refractivity contribution in [3.8, 4) is 5.75 Å². The van der Waals surface area contributed by atoms with Crippen LogP contribution in [0.5, 0.6) is 5.75 Å². The summed E-state index contributed by atoms with van der Waals surface area (Å²) in [5.41, 5.74) is 0. The predicted octanol–water partition coefficient (Wildman–Crippen LogP) is 2.43. The van der Waals surface area contributed by atoms with Gasteiger partial charge in [-0.05, 0) is 31.4 Å². The summed E-state index contributed by atoms with van der Waals surface area (Å²) in [6.07, 6.45) is 3.13. The van der Waals surface area contributed by atoms with Crippen LogP contribution in [0.2, 0.25) is 0 Å². The van der Waals surface area contributed by atoms with Crippen molar-refractivity contribution < 1.29 is 9.53 Å². The summed E-state index contributed by atoms with van der Waals surface area (Å²) in [5, 5.41) is 0. The predicted molar refractivity (Wildman–Crippen MR) is 56.7 cm³/mol. The van der Waals surface area contributed by atoms with Crippen LogP contribution in [0.3, 0.4) is 0 Å². The van der Waals surface area contributed by atoms with E-state index in [4.69, 9.17) is 4.74 Å². The monoisotopic (exact) mass is 202 g/mol. The van der Waals surface area contributed by atoms with Gasteiger partial charge in [-0.15, -0.1) is 0 Å². The minimum atomic E-state index is -0.161. The molecular weight excluding hydrogens is 188 g/mol. The Morgan fingerprint density at radius 1 is 1.13 bits per heavy atom. The summed E-state index contributed by atoms with van der Waals surface area (Å²) in [7, 11) is 0. The highest BCUT2D eigenvalue weighted by molar-refractivity contribution is 5.89. The fraction of sp³-hybridized carbons (Fsp3) is 0.462. The lowest BCUT2D eigenvalue weighted by Crippen LogP contribution is -2.33. The smallest absolute Gasteiger partial charge is 0.176 e. The number of para-hydroxylation sites is 1.